The first-order chi connectivity index (χ1) is 10.2. The molecule has 116 valence electrons. The van der Waals surface area contributed by atoms with E-state index < -0.39 is 6.10 Å². The van der Waals surface area contributed by atoms with Gasteiger partial charge in [0, 0.05) is 0 Å². The summed E-state index contributed by atoms with van der Waals surface area (Å²) in [6.07, 6.45) is 5.45. The fraction of sp³-hybridized carbons (Fsp3) is 0.647. The van der Waals surface area contributed by atoms with Crippen LogP contribution in [0, 0.1) is 11.8 Å². The van der Waals surface area contributed by atoms with E-state index in [4.69, 9.17) is 21.1 Å². The number of aliphatic hydroxyl groups is 1. The number of ether oxygens (including phenoxy) is 2. The van der Waals surface area contributed by atoms with Gasteiger partial charge in [-0.3, -0.25) is 0 Å². The molecular formula is C17H23ClO3. The maximum atomic E-state index is 10.8. The molecular weight excluding hydrogens is 288 g/mol. The molecule has 1 fully saturated rings. The molecule has 0 amide bonds. The maximum Gasteiger partial charge on any atom is 0.179 e. The van der Waals surface area contributed by atoms with Crippen LogP contribution in [0.5, 0.6) is 11.5 Å². The van der Waals surface area contributed by atoms with Crippen molar-refractivity contribution >= 4 is 11.6 Å². The number of hydrogen-bond donors (Lipinski definition) is 1. The second kappa shape index (κ2) is 6.45. The Labute approximate surface area is 131 Å². The van der Waals surface area contributed by atoms with Gasteiger partial charge in [-0.2, -0.15) is 0 Å². The molecule has 1 N–H and O–H groups in total. The molecule has 2 aliphatic rings. The van der Waals surface area contributed by atoms with E-state index in [2.05, 4.69) is 6.92 Å². The van der Waals surface area contributed by atoms with Gasteiger partial charge in [0.2, 0.25) is 0 Å². The summed E-state index contributed by atoms with van der Waals surface area (Å²) >= 11 is 6.28. The van der Waals surface area contributed by atoms with Crippen LogP contribution in [-0.2, 0) is 0 Å². The average molecular weight is 311 g/mol. The van der Waals surface area contributed by atoms with Crippen LogP contribution in [0.3, 0.4) is 0 Å². The topological polar surface area (TPSA) is 38.7 Å². The van der Waals surface area contributed by atoms with Gasteiger partial charge in [0.1, 0.15) is 13.2 Å². The first kappa shape index (κ1) is 15.0. The molecule has 1 aliphatic heterocycles. The molecule has 3 nitrogen and oxygen atoms in total. The minimum Gasteiger partial charge on any atom is -0.486 e. The number of fused-ring (bicyclic) bond motifs is 1. The smallest absolute Gasteiger partial charge is 0.179 e. The molecule has 4 heteroatoms. The van der Waals surface area contributed by atoms with Crippen molar-refractivity contribution in [3.63, 3.8) is 0 Å². The number of aliphatic hydroxyl groups excluding tert-OH is 1. The van der Waals surface area contributed by atoms with Gasteiger partial charge in [-0.15, -0.1) is 0 Å². The van der Waals surface area contributed by atoms with Crippen LogP contribution in [-0.4, -0.2) is 18.3 Å². The van der Waals surface area contributed by atoms with E-state index in [0.29, 0.717) is 41.6 Å². The van der Waals surface area contributed by atoms with Crippen LogP contribution >= 0.6 is 11.6 Å². The summed E-state index contributed by atoms with van der Waals surface area (Å²) in [6.45, 7) is 3.27. The van der Waals surface area contributed by atoms with Gasteiger partial charge < -0.3 is 14.6 Å². The SMILES string of the molecule is CCC1CCCCC1C(O)c1cc(Cl)c2c(c1)OCCO2. The van der Waals surface area contributed by atoms with Crippen molar-refractivity contribution in [3.8, 4) is 11.5 Å². The lowest BCUT2D eigenvalue weighted by Gasteiger charge is -2.35. The Hall–Kier alpha value is -0.930. The number of benzene rings is 1. The molecule has 0 saturated heterocycles. The highest BCUT2D eigenvalue weighted by Crippen LogP contribution is 2.44. The van der Waals surface area contributed by atoms with Crippen LogP contribution in [0.2, 0.25) is 5.02 Å². The predicted octanol–water partition coefficient (Wildman–Crippen LogP) is 4.36. The van der Waals surface area contributed by atoms with Gasteiger partial charge in [0.15, 0.2) is 11.5 Å². The first-order valence-corrected chi connectivity index (χ1v) is 8.35. The van der Waals surface area contributed by atoms with Crippen molar-refractivity contribution in [2.75, 3.05) is 13.2 Å². The lowest BCUT2D eigenvalue weighted by molar-refractivity contribution is 0.0448. The van der Waals surface area contributed by atoms with E-state index >= 15 is 0 Å². The summed E-state index contributed by atoms with van der Waals surface area (Å²) in [7, 11) is 0. The van der Waals surface area contributed by atoms with Gasteiger partial charge in [-0.25, -0.2) is 0 Å². The third-order valence-corrected chi connectivity index (χ3v) is 5.14. The zero-order chi connectivity index (χ0) is 14.8. The quantitative estimate of drug-likeness (QED) is 0.901. The Bertz CT molecular complexity index is 503. The minimum absolute atomic E-state index is 0.322. The second-order valence-corrected chi connectivity index (χ2v) is 6.50. The molecule has 0 radical (unpaired) electrons. The zero-order valence-electron chi connectivity index (χ0n) is 12.5. The molecule has 1 aliphatic carbocycles. The summed E-state index contributed by atoms with van der Waals surface area (Å²) < 4.78 is 11.2. The molecule has 1 saturated carbocycles. The molecule has 0 aromatic heterocycles. The van der Waals surface area contributed by atoms with E-state index in [1.165, 1.54) is 19.3 Å². The van der Waals surface area contributed by atoms with Crippen LogP contribution < -0.4 is 9.47 Å². The third-order valence-electron chi connectivity index (χ3n) is 4.86. The number of halogens is 1. The molecule has 1 heterocycles. The summed E-state index contributed by atoms with van der Waals surface area (Å²) in [5, 5.41) is 11.4. The minimum atomic E-state index is -0.469. The third kappa shape index (κ3) is 3.00. The molecule has 1 aromatic rings. The zero-order valence-corrected chi connectivity index (χ0v) is 13.2. The lowest BCUT2D eigenvalue weighted by atomic mass is 9.73. The Kier molecular flexibility index (Phi) is 4.60. The van der Waals surface area contributed by atoms with Gasteiger partial charge in [-0.05, 0) is 36.0 Å². The molecule has 21 heavy (non-hydrogen) atoms. The van der Waals surface area contributed by atoms with Crippen molar-refractivity contribution in [3.05, 3.63) is 22.7 Å². The molecule has 0 spiro atoms. The molecule has 0 bridgehead atoms. The Morgan fingerprint density at radius 1 is 1.24 bits per heavy atom. The first-order valence-electron chi connectivity index (χ1n) is 7.97. The lowest BCUT2D eigenvalue weighted by Crippen LogP contribution is -2.25. The molecule has 3 atom stereocenters. The normalized spacial score (nSPS) is 26.4. The average Bonchev–Trinajstić information content (AvgIpc) is 2.54. The Balaban J connectivity index is 1.87. The monoisotopic (exact) mass is 310 g/mol. The molecule has 3 unspecified atom stereocenters. The van der Waals surface area contributed by atoms with E-state index in [1.807, 2.05) is 12.1 Å². The van der Waals surface area contributed by atoms with Crippen molar-refractivity contribution < 1.29 is 14.6 Å². The fourth-order valence-corrected chi connectivity index (χ4v) is 3.98. The molecule has 3 rings (SSSR count). The maximum absolute atomic E-state index is 10.8. The van der Waals surface area contributed by atoms with Crippen molar-refractivity contribution in [2.24, 2.45) is 11.8 Å². The van der Waals surface area contributed by atoms with Crippen molar-refractivity contribution in [2.45, 2.75) is 45.1 Å². The number of rotatable bonds is 3. The van der Waals surface area contributed by atoms with E-state index in [0.717, 1.165) is 18.4 Å². The summed E-state index contributed by atoms with van der Waals surface area (Å²) in [5.74, 6) is 2.18. The van der Waals surface area contributed by atoms with E-state index in [9.17, 15) is 5.11 Å². The van der Waals surface area contributed by atoms with Crippen LogP contribution in [0.4, 0.5) is 0 Å². The van der Waals surface area contributed by atoms with Gasteiger partial charge >= 0.3 is 0 Å². The number of hydrogen-bond acceptors (Lipinski definition) is 3. The standard InChI is InChI=1S/C17H23ClO3/c1-2-11-5-3-4-6-13(11)16(19)12-9-14(18)17-15(10-12)20-7-8-21-17/h9-11,13,16,19H,2-8H2,1H3. The fourth-order valence-electron chi connectivity index (χ4n) is 3.71. The van der Waals surface area contributed by atoms with Gasteiger partial charge in [0.25, 0.3) is 0 Å². The summed E-state index contributed by atoms with van der Waals surface area (Å²) in [5.41, 5.74) is 0.856. The van der Waals surface area contributed by atoms with Crippen LogP contribution in [0.15, 0.2) is 12.1 Å². The summed E-state index contributed by atoms with van der Waals surface area (Å²) in [4.78, 5) is 0. The highest BCUT2D eigenvalue weighted by atomic mass is 35.5. The highest BCUT2D eigenvalue weighted by molar-refractivity contribution is 6.32. The van der Waals surface area contributed by atoms with Gasteiger partial charge in [0.05, 0.1) is 11.1 Å². The van der Waals surface area contributed by atoms with Crippen molar-refractivity contribution in [1.82, 2.24) is 0 Å². The van der Waals surface area contributed by atoms with Gasteiger partial charge in [-0.1, -0.05) is 44.2 Å². The van der Waals surface area contributed by atoms with Crippen molar-refractivity contribution in [1.29, 1.82) is 0 Å². The predicted molar refractivity (Wildman–Crippen MR) is 83.1 cm³/mol. The largest absolute Gasteiger partial charge is 0.486 e. The second-order valence-electron chi connectivity index (χ2n) is 6.09. The highest BCUT2D eigenvalue weighted by Gasteiger charge is 2.31. The van der Waals surface area contributed by atoms with Crippen LogP contribution in [0.25, 0.3) is 0 Å². The van der Waals surface area contributed by atoms with E-state index in [-0.39, 0.29) is 0 Å². The van der Waals surface area contributed by atoms with E-state index in [1.54, 1.807) is 0 Å². The van der Waals surface area contributed by atoms with Crippen LogP contribution in [0.1, 0.15) is 50.7 Å². The Morgan fingerprint density at radius 3 is 2.81 bits per heavy atom. The summed E-state index contributed by atoms with van der Waals surface area (Å²) in [6, 6.07) is 3.73. The Morgan fingerprint density at radius 2 is 2.00 bits per heavy atom. The molecule has 1 aromatic carbocycles.